The highest BCUT2D eigenvalue weighted by atomic mass is 16.2. The molecule has 0 saturated carbocycles. The van der Waals surface area contributed by atoms with E-state index in [2.05, 4.69) is 34.4 Å². The lowest BCUT2D eigenvalue weighted by Crippen LogP contribution is -2.39. The molecule has 30 heavy (non-hydrogen) atoms. The van der Waals surface area contributed by atoms with Gasteiger partial charge in [-0.3, -0.25) is 14.6 Å². The van der Waals surface area contributed by atoms with Crippen LogP contribution in [0.3, 0.4) is 0 Å². The van der Waals surface area contributed by atoms with Crippen LogP contribution >= 0.6 is 0 Å². The molecule has 154 valence electrons. The van der Waals surface area contributed by atoms with Gasteiger partial charge in [0.15, 0.2) is 5.78 Å². The lowest BCUT2D eigenvalue weighted by molar-refractivity contribution is -0.118. The number of carbonyl (C=O) groups is 2. The van der Waals surface area contributed by atoms with Crippen molar-refractivity contribution in [2.45, 2.75) is 46.5 Å². The monoisotopic (exact) mass is 402 g/mol. The minimum Gasteiger partial charge on any atom is -0.362 e. The third-order valence-electron chi connectivity index (χ3n) is 5.63. The molecule has 6 nitrogen and oxygen atoms in total. The molecular formula is C24H26N4O2. The quantitative estimate of drug-likeness (QED) is 0.810. The smallest absolute Gasteiger partial charge is 0.255 e. The van der Waals surface area contributed by atoms with Crippen LogP contribution in [0.1, 0.15) is 50.8 Å². The van der Waals surface area contributed by atoms with E-state index in [1.54, 1.807) is 18.5 Å². The normalized spacial score (nSPS) is 20.5. The van der Waals surface area contributed by atoms with Crippen molar-refractivity contribution in [3.63, 3.8) is 0 Å². The number of hydrogen-bond acceptors (Lipinski definition) is 5. The molecule has 0 aromatic carbocycles. The van der Waals surface area contributed by atoms with Crippen molar-refractivity contribution in [1.29, 1.82) is 0 Å². The zero-order valence-electron chi connectivity index (χ0n) is 17.7. The summed E-state index contributed by atoms with van der Waals surface area (Å²) in [7, 11) is 0. The molecular weight excluding hydrogens is 376 g/mol. The number of ketones is 1. The number of amides is 1. The number of carbonyl (C=O) groups excluding carboxylic acids is 2. The Morgan fingerprint density at radius 1 is 1.17 bits per heavy atom. The zero-order valence-corrected chi connectivity index (χ0v) is 17.7. The lowest BCUT2D eigenvalue weighted by atomic mass is 9.68. The maximum absolute atomic E-state index is 13.4. The molecule has 0 bridgehead atoms. The van der Waals surface area contributed by atoms with E-state index in [-0.39, 0.29) is 17.1 Å². The summed E-state index contributed by atoms with van der Waals surface area (Å²) >= 11 is 0. The van der Waals surface area contributed by atoms with E-state index in [0.29, 0.717) is 23.4 Å². The number of aromatic nitrogens is 2. The Morgan fingerprint density at radius 2 is 1.97 bits per heavy atom. The highest BCUT2D eigenvalue weighted by Gasteiger charge is 2.42. The fourth-order valence-electron chi connectivity index (χ4n) is 4.41. The molecule has 2 aromatic heterocycles. The van der Waals surface area contributed by atoms with Crippen molar-refractivity contribution in [2.75, 3.05) is 5.32 Å². The topological polar surface area (TPSA) is 84.0 Å². The number of nitrogens with one attached hydrogen (secondary N) is 2. The van der Waals surface area contributed by atoms with Crippen LogP contribution in [0.2, 0.25) is 0 Å². The van der Waals surface area contributed by atoms with Gasteiger partial charge >= 0.3 is 0 Å². The van der Waals surface area contributed by atoms with Gasteiger partial charge in [-0.2, -0.15) is 0 Å². The molecule has 0 radical (unpaired) electrons. The molecule has 1 atom stereocenters. The predicted octanol–water partition coefficient (Wildman–Crippen LogP) is 4.03. The average Bonchev–Trinajstić information content (AvgIpc) is 2.66. The maximum atomic E-state index is 13.4. The largest absolute Gasteiger partial charge is 0.362 e. The van der Waals surface area contributed by atoms with Crippen molar-refractivity contribution in [3.05, 3.63) is 76.5 Å². The lowest BCUT2D eigenvalue weighted by Gasteiger charge is -2.39. The van der Waals surface area contributed by atoms with Crippen LogP contribution in [-0.2, 0) is 9.59 Å². The summed E-state index contributed by atoms with van der Waals surface area (Å²) in [6.45, 7) is 7.96. The third-order valence-corrected chi connectivity index (χ3v) is 5.63. The van der Waals surface area contributed by atoms with Crippen LogP contribution in [0, 0.1) is 12.3 Å². The summed E-state index contributed by atoms with van der Waals surface area (Å²) in [5.74, 6) is -0.158. The van der Waals surface area contributed by atoms with Crippen LogP contribution < -0.4 is 10.6 Å². The van der Waals surface area contributed by atoms with E-state index >= 15 is 0 Å². The molecule has 4 rings (SSSR count). The van der Waals surface area contributed by atoms with Gasteiger partial charge in [0.1, 0.15) is 5.82 Å². The second-order valence-electron chi connectivity index (χ2n) is 8.83. The Hall–Kier alpha value is -3.28. The molecule has 1 aliphatic carbocycles. The number of aryl methyl sites for hydroxylation is 1. The van der Waals surface area contributed by atoms with Crippen LogP contribution in [0.5, 0.6) is 0 Å². The van der Waals surface area contributed by atoms with Gasteiger partial charge in [-0.05, 0) is 49.4 Å². The van der Waals surface area contributed by atoms with Crippen molar-refractivity contribution >= 4 is 17.5 Å². The first kappa shape index (κ1) is 20.0. The highest BCUT2D eigenvalue weighted by Crippen LogP contribution is 2.46. The van der Waals surface area contributed by atoms with Crippen LogP contribution in [-0.4, -0.2) is 21.7 Å². The first-order valence-electron chi connectivity index (χ1n) is 10.1. The number of Topliss-reactive ketones (excluding diaryl/α,β-unsaturated/α-hetero) is 1. The van der Waals surface area contributed by atoms with Gasteiger partial charge in [0.05, 0.1) is 0 Å². The van der Waals surface area contributed by atoms with E-state index in [4.69, 9.17) is 0 Å². The number of nitrogens with zero attached hydrogens (tertiary/aromatic N) is 2. The number of allylic oxidation sites excluding steroid dienone is 3. The Balaban J connectivity index is 1.79. The summed E-state index contributed by atoms with van der Waals surface area (Å²) in [5, 5.41) is 6.28. The Morgan fingerprint density at radius 3 is 2.67 bits per heavy atom. The Labute approximate surface area is 176 Å². The molecule has 6 heteroatoms. The summed E-state index contributed by atoms with van der Waals surface area (Å²) in [5.41, 5.74) is 4.40. The zero-order chi connectivity index (χ0) is 21.5. The van der Waals surface area contributed by atoms with Gasteiger partial charge in [0, 0.05) is 53.0 Å². The van der Waals surface area contributed by atoms with Crippen molar-refractivity contribution < 1.29 is 9.59 Å². The SMILES string of the molecule is CC1=C(C(=O)Nc2cccc(C)n2)C(c2cccnc2)C2=C(CC(C)(C)CC2=O)N1. The van der Waals surface area contributed by atoms with Crippen LogP contribution in [0.25, 0.3) is 0 Å². The number of rotatable bonds is 3. The van der Waals surface area contributed by atoms with Crippen molar-refractivity contribution in [2.24, 2.45) is 5.41 Å². The third kappa shape index (κ3) is 3.77. The highest BCUT2D eigenvalue weighted by molar-refractivity contribution is 6.09. The molecule has 2 aliphatic rings. The first-order chi connectivity index (χ1) is 14.2. The molecule has 1 aliphatic heterocycles. The van der Waals surface area contributed by atoms with E-state index in [9.17, 15) is 9.59 Å². The number of pyridine rings is 2. The van der Waals surface area contributed by atoms with Gasteiger partial charge in [-0.25, -0.2) is 4.98 Å². The fourth-order valence-corrected chi connectivity index (χ4v) is 4.41. The number of anilines is 1. The number of dihydropyridines is 1. The van der Waals surface area contributed by atoms with Gasteiger partial charge in [-0.15, -0.1) is 0 Å². The van der Waals surface area contributed by atoms with Gasteiger partial charge < -0.3 is 10.6 Å². The van der Waals surface area contributed by atoms with Gasteiger partial charge in [0.25, 0.3) is 5.91 Å². The maximum Gasteiger partial charge on any atom is 0.255 e. The minimum atomic E-state index is -0.455. The summed E-state index contributed by atoms with van der Waals surface area (Å²) in [6, 6.07) is 9.24. The van der Waals surface area contributed by atoms with E-state index in [1.807, 2.05) is 38.1 Å². The van der Waals surface area contributed by atoms with E-state index in [0.717, 1.165) is 29.1 Å². The Kier molecular flexibility index (Phi) is 5.02. The minimum absolute atomic E-state index is 0.0779. The average molecular weight is 402 g/mol. The fraction of sp³-hybridized carbons (Fsp3) is 0.333. The summed E-state index contributed by atoms with van der Waals surface area (Å²) < 4.78 is 0. The van der Waals surface area contributed by atoms with Crippen molar-refractivity contribution in [1.82, 2.24) is 15.3 Å². The van der Waals surface area contributed by atoms with Crippen molar-refractivity contribution in [3.8, 4) is 0 Å². The summed E-state index contributed by atoms with van der Waals surface area (Å²) in [6.07, 6.45) is 4.64. The molecule has 1 unspecified atom stereocenters. The van der Waals surface area contributed by atoms with Gasteiger partial charge in [0.2, 0.25) is 0 Å². The molecule has 3 heterocycles. The van der Waals surface area contributed by atoms with E-state index in [1.165, 1.54) is 0 Å². The standard InChI is InChI=1S/C24H26N4O2/c1-14-7-5-9-19(26-14)28-23(30)20-15(2)27-17-11-24(3,4)12-18(29)22(17)21(20)16-8-6-10-25-13-16/h5-10,13,21,27H,11-12H2,1-4H3,(H,26,28,30). The van der Waals surface area contributed by atoms with Crippen LogP contribution in [0.4, 0.5) is 5.82 Å². The predicted molar refractivity (Wildman–Crippen MR) is 115 cm³/mol. The molecule has 2 aromatic rings. The second-order valence-corrected chi connectivity index (χ2v) is 8.83. The first-order valence-corrected chi connectivity index (χ1v) is 10.1. The number of hydrogen-bond donors (Lipinski definition) is 2. The molecule has 0 fully saturated rings. The molecule has 0 spiro atoms. The molecule has 0 saturated heterocycles. The molecule has 1 amide bonds. The summed E-state index contributed by atoms with van der Waals surface area (Å²) in [4.78, 5) is 35.2. The Bertz CT molecular complexity index is 1080. The van der Waals surface area contributed by atoms with Crippen LogP contribution in [0.15, 0.2) is 65.3 Å². The van der Waals surface area contributed by atoms with E-state index < -0.39 is 5.92 Å². The van der Waals surface area contributed by atoms with Gasteiger partial charge in [-0.1, -0.05) is 26.0 Å². The molecule has 2 N–H and O–H groups in total. The second kappa shape index (κ2) is 7.52.